The monoisotopic (exact) mass is 371 g/mol. The summed E-state index contributed by atoms with van der Waals surface area (Å²) in [5, 5.41) is 9.95. The van der Waals surface area contributed by atoms with Crippen LogP contribution in [0.25, 0.3) is 0 Å². The van der Waals surface area contributed by atoms with Crippen LogP contribution in [0, 0.1) is 12.8 Å². The number of carboxylic acids is 1. The Hall–Kier alpha value is -2.33. The van der Waals surface area contributed by atoms with Crippen LogP contribution in [0.15, 0.2) is 42.5 Å². The number of aryl methyl sites for hydroxylation is 1. The molecule has 1 heterocycles. The van der Waals surface area contributed by atoms with Crippen molar-refractivity contribution in [3.8, 4) is 0 Å². The molecular formula is C21H22ClNO3. The smallest absolute Gasteiger partial charge is 0.335 e. The maximum atomic E-state index is 12.7. The minimum absolute atomic E-state index is 0.0450. The van der Waals surface area contributed by atoms with Crippen molar-refractivity contribution in [1.29, 1.82) is 0 Å². The van der Waals surface area contributed by atoms with Gasteiger partial charge < -0.3 is 10.0 Å². The topological polar surface area (TPSA) is 57.6 Å². The van der Waals surface area contributed by atoms with E-state index in [-0.39, 0.29) is 5.91 Å². The van der Waals surface area contributed by atoms with Gasteiger partial charge in [0.2, 0.25) is 0 Å². The van der Waals surface area contributed by atoms with Crippen LogP contribution >= 0.6 is 11.6 Å². The molecule has 0 radical (unpaired) electrons. The van der Waals surface area contributed by atoms with E-state index in [4.69, 9.17) is 11.6 Å². The van der Waals surface area contributed by atoms with Crippen molar-refractivity contribution in [2.24, 2.45) is 5.92 Å². The number of rotatable bonds is 4. The third-order valence-corrected chi connectivity index (χ3v) is 5.31. The lowest BCUT2D eigenvalue weighted by molar-refractivity contribution is 0.0689. The second kappa shape index (κ2) is 7.92. The summed E-state index contributed by atoms with van der Waals surface area (Å²) in [7, 11) is 0. The Bertz CT molecular complexity index is 826. The van der Waals surface area contributed by atoms with Gasteiger partial charge in [0.05, 0.1) is 5.56 Å². The number of carboxylic acid groups (broad SMARTS) is 1. The predicted molar refractivity (Wildman–Crippen MR) is 102 cm³/mol. The van der Waals surface area contributed by atoms with Gasteiger partial charge in [-0.15, -0.1) is 0 Å². The number of hydrogen-bond donors (Lipinski definition) is 1. The average Bonchev–Trinajstić information content (AvgIpc) is 2.62. The molecule has 4 nitrogen and oxygen atoms in total. The third-order valence-electron chi connectivity index (χ3n) is 5.08. The van der Waals surface area contributed by atoms with Gasteiger partial charge in [-0.1, -0.05) is 29.8 Å². The van der Waals surface area contributed by atoms with E-state index >= 15 is 0 Å². The number of amides is 1. The van der Waals surface area contributed by atoms with E-state index in [0.29, 0.717) is 35.2 Å². The fourth-order valence-electron chi connectivity index (χ4n) is 3.60. The molecule has 0 atom stereocenters. The molecule has 0 aromatic heterocycles. The van der Waals surface area contributed by atoms with E-state index in [1.165, 1.54) is 0 Å². The number of carbonyl (C=O) groups is 2. The van der Waals surface area contributed by atoms with Gasteiger partial charge in [-0.3, -0.25) is 4.79 Å². The van der Waals surface area contributed by atoms with Crippen LogP contribution in [0.4, 0.5) is 0 Å². The highest BCUT2D eigenvalue weighted by molar-refractivity contribution is 6.30. The molecule has 1 N–H and O–H groups in total. The zero-order valence-electron chi connectivity index (χ0n) is 14.7. The molecule has 5 heteroatoms. The molecule has 136 valence electrons. The van der Waals surface area contributed by atoms with Crippen molar-refractivity contribution in [2.75, 3.05) is 13.1 Å². The Morgan fingerprint density at radius 2 is 1.81 bits per heavy atom. The lowest BCUT2D eigenvalue weighted by Crippen LogP contribution is -2.39. The first-order chi connectivity index (χ1) is 12.5. The highest BCUT2D eigenvalue weighted by Crippen LogP contribution is 2.25. The summed E-state index contributed by atoms with van der Waals surface area (Å²) >= 11 is 5.97. The summed E-state index contributed by atoms with van der Waals surface area (Å²) in [6.45, 7) is 3.29. The number of hydrogen-bond acceptors (Lipinski definition) is 2. The summed E-state index contributed by atoms with van der Waals surface area (Å²) in [5.74, 6) is -0.444. The molecule has 1 aliphatic rings. The van der Waals surface area contributed by atoms with Crippen molar-refractivity contribution in [1.82, 2.24) is 4.90 Å². The number of carbonyl (C=O) groups excluding carboxylic acids is 1. The number of benzene rings is 2. The zero-order chi connectivity index (χ0) is 18.7. The summed E-state index contributed by atoms with van der Waals surface area (Å²) in [4.78, 5) is 26.0. The fraction of sp³-hybridized carbons (Fsp3) is 0.333. The minimum Gasteiger partial charge on any atom is -0.478 e. The Morgan fingerprint density at radius 1 is 1.12 bits per heavy atom. The summed E-state index contributed by atoms with van der Waals surface area (Å²) in [6, 6.07) is 12.5. The maximum Gasteiger partial charge on any atom is 0.335 e. The Balaban J connectivity index is 1.63. The van der Waals surface area contributed by atoms with Crippen LogP contribution in [0.5, 0.6) is 0 Å². The van der Waals surface area contributed by atoms with Crippen LogP contribution in [-0.2, 0) is 6.42 Å². The van der Waals surface area contributed by atoms with Gasteiger partial charge in [-0.2, -0.15) is 0 Å². The van der Waals surface area contributed by atoms with Gasteiger partial charge in [-0.05, 0) is 67.5 Å². The molecule has 2 aromatic carbocycles. The van der Waals surface area contributed by atoms with Gasteiger partial charge >= 0.3 is 5.97 Å². The summed E-state index contributed by atoms with van der Waals surface area (Å²) in [6.07, 6.45) is 2.50. The normalized spacial score (nSPS) is 15.1. The molecule has 1 amide bonds. The molecule has 0 saturated carbocycles. The second-order valence-corrected chi connectivity index (χ2v) is 7.30. The first kappa shape index (κ1) is 18.5. The van der Waals surface area contributed by atoms with E-state index in [1.54, 1.807) is 24.3 Å². The highest BCUT2D eigenvalue weighted by Gasteiger charge is 2.25. The molecule has 2 aromatic rings. The number of halogens is 1. The van der Waals surface area contributed by atoms with Crippen molar-refractivity contribution in [3.63, 3.8) is 0 Å². The van der Waals surface area contributed by atoms with Crippen LogP contribution in [0.1, 0.15) is 44.7 Å². The van der Waals surface area contributed by atoms with Crippen LogP contribution in [0.2, 0.25) is 5.02 Å². The van der Waals surface area contributed by atoms with Gasteiger partial charge in [0, 0.05) is 23.7 Å². The first-order valence-corrected chi connectivity index (χ1v) is 9.20. The second-order valence-electron chi connectivity index (χ2n) is 6.86. The fourth-order valence-corrected chi connectivity index (χ4v) is 3.82. The molecule has 1 aliphatic heterocycles. The summed E-state index contributed by atoms with van der Waals surface area (Å²) < 4.78 is 0. The summed E-state index contributed by atoms with van der Waals surface area (Å²) in [5.41, 5.74) is 2.84. The molecule has 3 rings (SSSR count). The molecule has 0 aliphatic carbocycles. The number of likely N-dealkylation sites (tertiary alicyclic amines) is 1. The van der Waals surface area contributed by atoms with Crippen molar-refractivity contribution in [3.05, 3.63) is 69.7 Å². The van der Waals surface area contributed by atoms with E-state index in [9.17, 15) is 14.7 Å². The lowest BCUT2D eigenvalue weighted by atomic mass is 9.88. The third kappa shape index (κ3) is 4.07. The van der Waals surface area contributed by atoms with Gasteiger partial charge in [0.1, 0.15) is 0 Å². The molecule has 1 fully saturated rings. The van der Waals surface area contributed by atoms with Crippen molar-refractivity contribution < 1.29 is 14.7 Å². The number of piperidine rings is 1. The van der Waals surface area contributed by atoms with E-state index in [1.807, 2.05) is 30.0 Å². The number of nitrogens with zero attached hydrogens (tertiary/aromatic N) is 1. The van der Waals surface area contributed by atoms with E-state index in [2.05, 4.69) is 0 Å². The van der Waals surface area contributed by atoms with Gasteiger partial charge in [0.15, 0.2) is 0 Å². The first-order valence-electron chi connectivity index (χ1n) is 8.82. The van der Waals surface area contributed by atoms with Crippen LogP contribution in [0.3, 0.4) is 0 Å². The molecule has 26 heavy (non-hydrogen) atoms. The Morgan fingerprint density at radius 3 is 2.46 bits per heavy atom. The van der Waals surface area contributed by atoms with Gasteiger partial charge in [-0.25, -0.2) is 4.79 Å². The average molecular weight is 372 g/mol. The largest absolute Gasteiger partial charge is 0.478 e. The standard InChI is InChI=1S/C21H22ClNO3/c1-14-12-17(22)6-7-18(14)20(24)23-10-8-15(9-11-23)13-16-4-2-3-5-19(16)21(25)26/h2-7,12,15H,8-11,13H2,1H3,(H,25,26). The Kier molecular flexibility index (Phi) is 5.62. The van der Waals surface area contributed by atoms with Crippen molar-refractivity contribution >= 4 is 23.5 Å². The van der Waals surface area contributed by atoms with E-state index in [0.717, 1.165) is 30.4 Å². The SMILES string of the molecule is Cc1cc(Cl)ccc1C(=O)N1CCC(Cc2ccccc2C(=O)O)CC1. The quantitative estimate of drug-likeness (QED) is 0.864. The van der Waals surface area contributed by atoms with Crippen LogP contribution < -0.4 is 0 Å². The molecule has 0 spiro atoms. The lowest BCUT2D eigenvalue weighted by Gasteiger charge is -2.32. The van der Waals surface area contributed by atoms with E-state index < -0.39 is 5.97 Å². The molecular weight excluding hydrogens is 350 g/mol. The Labute approximate surface area is 158 Å². The number of aromatic carboxylic acids is 1. The minimum atomic E-state index is -0.883. The molecule has 0 bridgehead atoms. The highest BCUT2D eigenvalue weighted by atomic mass is 35.5. The molecule has 0 unspecified atom stereocenters. The zero-order valence-corrected chi connectivity index (χ0v) is 15.5. The molecule has 1 saturated heterocycles. The van der Waals surface area contributed by atoms with Crippen LogP contribution in [-0.4, -0.2) is 35.0 Å². The maximum absolute atomic E-state index is 12.7. The van der Waals surface area contributed by atoms with Crippen molar-refractivity contribution in [2.45, 2.75) is 26.2 Å². The predicted octanol–water partition coefficient (Wildman–Crippen LogP) is 4.44. The van der Waals surface area contributed by atoms with Gasteiger partial charge in [0.25, 0.3) is 5.91 Å².